The fourth-order valence-corrected chi connectivity index (χ4v) is 3.88. The third-order valence-electron chi connectivity index (χ3n) is 5.53. The number of aromatic nitrogens is 4. The first kappa shape index (κ1) is 20.7. The zero-order chi connectivity index (χ0) is 22.6. The van der Waals surface area contributed by atoms with Crippen LogP contribution in [0.2, 0.25) is 0 Å². The lowest BCUT2D eigenvalue weighted by molar-refractivity contribution is 0.415. The van der Waals surface area contributed by atoms with Crippen molar-refractivity contribution in [2.75, 3.05) is 12.0 Å². The second kappa shape index (κ2) is 9.12. The fourth-order valence-electron chi connectivity index (χ4n) is 3.88. The van der Waals surface area contributed by atoms with E-state index in [1.54, 1.807) is 7.11 Å². The smallest absolute Gasteiger partial charge is 0.254 e. The van der Waals surface area contributed by atoms with Crippen LogP contribution in [0.1, 0.15) is 16.8 Å². The van der Waals surface area contributed by atoms with Crippen molar-refractivity contribution in [3.63, 3.8) is 0 Å². The highest BCUT2D eigenvalue weighted by molar-refractivity contribution is 5.60. The Labute approximate surface area is 193 Å². The van der Waals surface area contributed by atoms with E-state index in [2.05, 4.69) is 64.5 Å². The van der Waals surface area contributed by atoms with Crippen molar-refractivity contribution >= 4 is 11.6 Å². The molecular formula is C27H25N5O. The molecule has 0 N–H and O–H groups in total. The summed E-state index contributed by atoms with van der Waals surface area (Å²) in [6.45, 7) is 3.48. The predicted molar refractivity (Wildman–Crippen MR) is 130 cm³/mol. The monoisotopic (exact) mass is 435 g/mol. The number of hydrogen-bond acceptors (Lipinski definition) is 5. The van der Waals surface area contributed by atoms with Crippen LogP contribution in [-0.2, 0) is 13.1 Å². The van der Waals surface area contributed by atoms with Crippen LogP contribution in [0, 0.1) is 6.92 Å². The summed E-state index contributed by atoms with van der Waals surface area (Å²) >= 11 is 0. The largest absolute Gasteiger partial charge is 0.497 e. The third kappa shape index (κ3) is 4.55. The molecule has 164 valence electrons. The molecule has 0 aliphatic carbocycles. The number of ether oxygens (including phenoxy) is 1. The molecule has 2 heterocycles. The third-order valence-corrected chi connectivity index (χ3v) is 5.53. The van der Waals surface area contributed by atoms with Gasteiger partial charge in [0.25, 0.3) is 5.78 Å². The van der Waals surface area contributed by atoms with Crippen LogP contribution in [-0.4, -0.2) is 26.7 Å². The van der Waals surface area contributed by atoms with Gasteiger partial charge in [-0.05, 0) is 42.3 Å². The van der Waals surface area contributed by atoms with Gasteiger partial charge in [-0.1, -0.05) is 60.7 Å². The summed E-state index contributed by atoms with van der Waals surface area (Å²) < 4.78 is 7.12. The molecule has 2 aromatic heterocycles. The van der Waals surface area contributed by atoms with E-state index in [4.69, 9.17) is 14.8 Å². The van der Waals surface area contributed by atoms with Crippen LogP contribution in [0.5, 0.6) is 5.75 Å². The molecule has 5 aromatic rings. The maximum atomic E-state index is 5.28. The van der Waals surface area contributed by atoms with Gasteiger partial charge >= 0.3 is 0 Å². The molecule has 6 heteroatoms. The number of nitrogens with zero attached hydrogens (tertiary/aromatic N) is 5. The zero-order valence-corrected chi connectivity index (χ0v) is 18.7. The van der Waals surface area contributed by atoms with E-state index < -0.39 is 0 Å². The van der Waals surface area contributed by atoms with Crippen molar-refractivity contribution < 1.29 is 4.74 Å². The van der Waals surface area contributed by atoms with Gasteiger partial charge in [0, 0.05) is 30.4 Å². The van der Waals surface area contributed by atoms with Crippen molar-refractivity contribution in [2.45, 2.75) is 20.0 Å². The summed E-state index contributed by atoms with van der Waals surface area (Å²) in [6.07, 6.45) is 0. The minimum absolute atomic E-state index is 0.585. The number of aryl methyl sites for hydroxylation is 1. The molecule has 0 spiro atoms. The number of benzene rings is 3. The summed E-state index contributed by atoms with van der Waals surface area (Å²) in [5, 5.41) is 4.84. The van der Waals surface area contributed by atoms with Gasteiger partial charge < -0.3 is 9.64 Å². The summed E-state index contributed by atoms with van der Waals surface area (Å²) in [7, 11) is 1.66. The molecule has 0 saturated carbocycles. The highest BCUT2D eigenvalue weighted by atomic mass is 16.5. The molecule has 0 unspecified atom stereocenters. The SMILES string of the molecule is COc1ccc(-c2nc3nc(C)cc(N(Cc4ccccc4)Cc4ccccc4)n3n2)cc1. The minimum Gasteiger partial charge on any atom is -0.497 e. The lowest BCUT2D eigenvalue weighted by atomic mass is 10.1. The van der Waals surface area contributed by atoms with Crippen LogP contribution in [0.3, 0.4) is 0 Å². The van der Waals surface area contributed by atoms with E-state index in [0.29, 0.717) is 11.6 Å². The van der Waals surface area contributed by atoms with Gasteiger partial charge in [-0.3, -0.25) is 0 Å². The molecule has 3 aromatic carbocycles. The van der Waals surface area contributed by atoms with E-state index in [9.17, 15) is 0 Å². The van der Waals surface area contributed by atoms with Gasteiger partial charge in [-0.25, -0.2) is 4.98 Å². The Morgan fingerprint density at radius 3 is 1.97 bits per heavy atom. The van der Waals surface area contributed by atoms with Crippen molar-refractivity contribution in [1.82, 2.24) is 19.6 Å². The van der Waals surface area contributed by atoms with Crippen molar-refractivity contribution in [3.8, 4) is 17.1 Å². The Kier molecular flexibility index (Phi) is 5.72. The highest BCUT2D eigenvalue weighted by Gasteiger charge is 2.17. The van der Waals surface area contributed by atoms with E-state index in [0.717, 1.165) is 35.9 Å². The van der Waals surface area contributed by atoms with E-state index >= 15 is 0 Å². The molecule has 6 nitrogen and oxygen atoms in total. The molecule has 0 saturated heterocycles. The van der Waals surface area contributed by atoms with Crippen LogP contribution in [0.4, 0.5) is 5.82 Å². The van der Waals surface area contributed by atoms with E-state index in [1.165, 1.54) is 11.1 Å². The Morgan fingerprint density at radius 1 is 0.788 bits per heavy atom. The first-order valence-corrected chi connectivity index (χ1v) is 10.9. The van der Waals surface area contributed by atoms with Crippen LogP contribution >= 0.6 is 0 Å². The molecular weight excluding hydrogens is 410 g/mol. The molecule has 0 atom stereocenters. The second-order valence-electron chi connectivity index (χ2n) is 7.96. The molecule has 5 rings (SSSR count). The van der Waals surface area contributed by atoms with E-state index in [-0.39, 0.29) is 0 Å². The lowest BCUT2D eigenvalue weighted by Crippen LogP contribution is -2.25. The first-order valence-electron chi connectivity index (χ1n) is 10.9. The topological polar surface area (TPSA) is 55.6 Å². The van der Waals surface area contributed by atoms with Crippen LogP contribution < -0.4 is 9.64 Å². The van der Waals surface area contributed by atoms with Gasteiger partial charge in [0.1, 0.15) is 11.6 Å². The average molecular weight is 436 g/mol. The van der Waals surface area contributed by atoms with Gasteiger partial charge in [0.05, 0.1) is 7.11 Å². The Morgan fingerprint density at radius 2 is 1.39 bits per heavy atom. The summed E-state index contributed by atoms with van der Waals surface area (Å²) in [6, 6.07) is 30.8. The quantitative estimate of drug-likeness (QED) is 0.347. The van der Waals surface area contributed by atoms with Crippen molar-refractivity contribution in [1.29, 1.82) is 0 Å². The Balaban J connectivity index is 1.59. The number of hydrogen-bond donors (Lipinski definition) is 0. The van der Waals surface area contributed by atoms with Gasteiger partial charge in [-0.2, -0.15) is 9.50 Å². The highest BCUT2D eigenvalue weighted by Crippen LogP contribution is 2.25. The predicted octanol–water partition coefficient (Wildman–Crippen LogP) is 5.32. The van der Waals surface area contributed by atoms with Crippen LogP contribution in [0.25, 0.3) is 17.2 Å². The molecule has 0 amide bonds. The van der Waals surface area contributed by atoms with Gasteiger partial charge in [0.2, 0.25) is 0 Å². The van der Waals surface area contributed by atoms with Crippen molar-refractivity contribution in [2.24, 2.45) is 0 Å². The Bertz CT molecular complexity index is 1310. The lowest BCUT2D eigenvalue weighted by Gasteiger charge is -2.25. The number of anilines is 1. The first-order chi connectivity index (χ1) is 16.2. The maximum Gasteiger partial charge on any atom is 0.254 e. The van der Waals surface area contributed by atoms with E-state index in [1.807, 2.05) is 47.8 Å². The van der Waals surface area contributed by atoms with Gasteiger partial charge in [-0.15, -0.1) is 5.10 Å². The summed E-state index contributed by atoms with van der Waals surface area (Å²) in [4.78, 5) is 11.7. The average Bonchev–Trinajstić information content (AvgIpc) is 3.28. The summed E-state index contributed by atoms with van der Waals surface area (Å²) in [5.41, 5.74) is 4.28. The molecule has 33 heavy (non-hydrogen) atoms. The number of fused-ring (bicyclic) bond motifs is 1. The number of methoxy groups -OCH3 is 1. The van der Waals surface area contributed by atoms with Crippen LogP contribution in [0.15, 0.2) is 91.0 Å². The summed E-state index contributed by atoms with van der Waals surface area (Å²) in [5.74, 6) is 2.98. The van der Waals surface area contributed by atoms with Gasteiger partial charge in [0.15, 0.2) is 5.82 Å². The molecule has 0 fully saturated rings. The molecule has 0 aliphatic rings. The normalized spacial score (nSPS) is 11.0. The molecule has 0 radical (unpaired) electrons. The zero-order valence-electron chi connectivity index (χ0n) is 18.7. The minimum atomic E-state index is 0.585. The standard InChI is InChI=1S/C27H25N5O/c1-20-17-25(31(18-21-9-5-3-6-10-21)19-22-11-7-4-8-12-22)32-27(28-20)29-26(30-32)23-13-15-24(33-2)16-14-23/h3-17H,18-19H2,1-2H3. The Hall–Kier alpha value is -4.19. The fraction of sp³-hybridized carbons (Fsp3) is 0.148. The number of rotatable bonds is 7. The molecule has 0 bridgehead atoms. The second-order valence-corrected chi connectivity index (χ2v) is 7.96. The molecule has 0 aliphatic heterocycles. The van der Waals surface area contributed by atoms with Crippen molar-refractivity contribution in [3.05, 3.63) is 108 Å². The maximum absolute atomic E-state index is 5.28.